The van der Waals surface area contributed by atoms with E-state index < -0.39 is 12.6 Å². The van der Waals surface area contributed by atoms with E-state index in [2.05, 4.69) is 15.3 Å². The van der Waals surface area contributed by atoms with Crippen molar-refractivity contribution < 1.29 is 13.2 Å². The van der Waals surface area contributed by atoms with E-state index >= 15 is 0 Å². The molecule has 0 radical (unpaired) electrons. The molecule has 2 heterocycles. The maximum Gasteiger partial charge on any atom is 0.396 e. The minimum atomic E-state index is -4.29. The molecule has 0 atom stereocenters. The van der Waals surface area contributed by atoms with Crippen molar-refractivity contribution in [2.75, 3.05) is 11.9 Å². The average Bonchev–Trinajstić information content (AvgIpc) is 2.60. The lowest BCUT2D eigenvalue weighted by atomic mass is 10.2. The molecule has 0 aliphatic rings. The highest BCUT2D eigenvalue weighted by Crippen LogP contribution is 2.34. The Morgan fingerprint density at radius 3 is 2.50 bits per heavy atom. The summed E-state index contributed by atoms with van der Waals surface area (Å²) < 4.78 is 37.5. The first-order valence-electron chi connectivity index (χ1n) is 6.39. The standard InChI is InChI=1S/C13H16F3N3S/c1-4-5-17-11-10-7(2)8(3)20-12(10)19-9(18-11)6-13(14,15)16/h4-6H2,1-3H3,(H,17,18,19). The number of fused-ring (bicyclic) bond motifs is 1. The molecule has 3 nitrogen and oxygen atoms in total. The average molecular weight is 303 g/mol. The van der Waals surface area contributed by atoms with Crippen LogP contribution < -0.4 is 5.32 Å². The SMILES string of the molecule is CCCNc1nc(CC(F)(F)F)nc2sc(C)c(C)c12. The van der Waals surface area contributed by atoms with Crippen LogP contribution in [-0.2, 0) is 6.42 Å². The lowest BCUT2D eigenvalue weighted by molar-refractivity contribution is -0.128. The number of halogens is 3. The minimum absolute atomic E-state index is 0.176. The van der Waals surface area contributed by atoms with E-state index in [9.17, 15) is 13.2 Å². The molecule has 0 unspecified atom stereocenters. The van der Waals surface area contributed by atoms with Gasteiger partial charge in [-0.15, -0.1) is 11.3 Å². The van der Waals surface area contributed by atoms with Crippen molar-refractivity contribution in [2.24, 2.45) is 0 Å². The van der Waals surface area contributed by atoms with Crippen LogP contribution in [0.1, 0.15) is 29.6 Å². The molecule has 0 saturated heterocycles. The number of nitrogens with one attached hydrogen (secondary N) is 1. The Bertz CT molecular complexity index is 619. The predicted octanol–water partition coefficient (Wildman–Crippen LogP) is 4.23. The molecule has 2 aromatic heterocycles. The van der Waals surface area contributed by atoms with Crippen LogP contribution in [0.2, 0.25) is 0 Å². The van der Waals surface area contributed by atoms with Crippen molar-refractivity contribution in [3.8, 4) is 0 Å². The highest BCUT2D eigenvalue weighted by molar-refractivity contribution is 7.18. The van der Waals surface area contributed by atoms with Gasteiger partial charge in [0.1, 0.15) is 22.9 Å². The van der Waals surface area contributed by atoms with Crippen LogP contribution in [0.3, 0.4) is 0 Å². The quantitative estimate of drug-likeness (QED) is 0.918. The first-order valence-corrected chi connectivity index (χ1v) is 7.20. The zero-order chi connectivity index (χ0) is 14.9. The highest BCUT2D eigenvalue weighted by atomic mass is 32.1. The zero-order valence-corrected chi connectivity index (χ0v) is 12.4. The molecular weight excluding hydrogens is 287 g/mol. The Labute approximate surface area is 119 Å². The molecule has 0 spiro atoms. The number of thiophene rings is 1. The van der Waals surface area contributed by atoms with E-state index in [-0.39, 0.29) is 5.82 Å². The third-order valence-electron chi connectivity index (χ3n) is 2.98. The van der Waals surface area contributed by atoms with Gasteiger partial charge in [0, 0.05) is 11.4 Å². The number of hydrogen-bond donors (Lipinski definition) is 1. The van der Waals surface area contributed by atoms with Crippen LogP contribution in [0.5, 0.6) is 0 Å². The first kappa shape index (κ1) is 15.0. The topological polar surface area (TPSA) is 37.8 Å². The van der Waals surface area contributed by atoms with Gasteiger partial charge in [0.05, 0.1) is 5.39 Å². The molecule has 2 rings (SSSR count). The van der Waals surface area contributed by atoms with Crippen molar-refractivity contribution in [3.63, 3.8) is 0 Å². The summed E-state index contributed by atoms with van der Waals surface area (Å²) in [5, 5.41) is 3.95. The molecule has 0 aliphatic heterocycles. The van der Waals surface area contributed by atoms with Crippen molar-refractivity contribution in [1.82, 2.24) is 9.97 Å². The summed E-state index contributed by atoms with van der Waals surface area (Å²) in [5.41, 5.74) is 1.03. The maximum absolute atomic E-state index is 12.5. The molecule has 1 N–H and O–H groups in total. The molecule has 2 aromatic rings. The van der Waals surface area contributed by atoms with Gasteiger partial charge in [0.2, 0.25) is 0 Å². The fourth-order valence-electron chi connectivity index (χ4n) is 1.92. The predicted molar refractivity (Wildman–Crippen MR) is 75.4 cm³/mol. The van der Waals surface area contributed by atoms with E-state index in [4.69, 9.17) is 0 Å². The fourth-order valence-corrected chi connectivity index (χ4v) is 2.97. The Balaban J connectivity index is 2.52. The van der Waals surface area contributed by atoms with Gasteiger partial charge >= 0.3 is 6.18 Å². The lowest BCUT2D eigenvalue weighted by Gasteiger charge is -2.10. The molecule has 7 heteroatoms. The molecule has 0 aromatic carbocycles. The Morgan fingerprint density at radius 2 is 1.90 bits per heavy atom. The molecule has 0 aliphatic carbocycles. The van der Waals surface area contributed by atoms with Crippen molar-refractivity contribution in [2.45, 2.75) is 39.8 Å². The second-order valence-corrected chi connectivity index (χ2v) is 5.87. The molecule has 0 amide bonds. The third-order valence-corrected chi connectivity index (χ3v) is 4.08. The maximum atomic E-state index is 12.5. The van der Waals surface area contributed by atoms with Gasteiger partial charge in [-0.1, -0.05) is 6.92 Å². The lowest BCUT2D eigenvalue weighted by Crippen LogP contribution is -2.15. The fraction of sp³-hybridized carbons (Fsp3) is 0.538. The van der Waals surface area contributed by atoms with Crippen LogP contribution in [0.25, 0.3) is 10.2 Å². The Hall–Kier alpha value is -1.37. The summed E-state index contributed by atoms with van der Waals surface area (Å²) >= 11 is 1.41. The number of rotatable bonds is 4. The van der Waals surface area contributed by atoms with Crippen molar-refractivity contribution in [1.29, 1.82) is 0 Å². The molecule has 20 heavy (non-hydrogen) atoms. The molecule has 0 fully saturated rings. The number of hydrogen-bond acceptors (Lipinski definition) is 4. The normalized spacial score (nSPS) is 12.1. The number of aromatic nitrogens is 2. The number of alkyl halides is 3. The van der Waals surface area contributed by atoms with Crippen LogP contribution in [0.15, 0.2) is 0 Å². The van der Waals surface area contributed by atoms with E-state index in [0.717, 1.165) is 22.2 Å². The third kappa shape index (κ3) is 3.20. The summed E-state index contributed by atoms with van der Waals surface area (Å²) in [5.74, 6) is 0.336. The van der Waals surface area contributed by atoms with Crippen LogP contribution >= 0.6 is 11.3 Å². The van der Waals surface area contributed by atoms with Crippen LogP contribution in [-0.4, -0.2) is 22.7 Å². The summed E-state index contributed by atoms with van der Waals surface area (Å²) in [6.45, 7) is 6.55. The number of anilines is 1. The smallest absolute Gasteiger partial charge is 0.369 e. The molecular formula is C13H16F3N3S. The second kappa shape index (κ2) is 5.55. The minimum Gasteiger partial charge on any atom is -0.369 e. The highest BCUT2D eigenvalue weighted by Gasteiger charge is 2.30. The van der Waals surface area contributed by atoms with Gasteiger partial charge in [-0.2, -0.15) is 13.2 Å². The van der Waals surface area contributed by atoms with Gasteiger partial charge in [0.25, 0.3) is 0 Å². The van der Waals surface area contributed by atoms with Crippen molar-refractivity contribution in [3.05, 3.63) is 16.3 Å². The summed E-state index contributed by atoms with van der Waals surface area (Å²) in [6.07, 6.45) is -4.51. The van der Waals surface area contributed by atoms with Gasteiger partial charge in [0.15, 0.2) is 0 Å². The monoisotopic (exact) mass is 303 g/mol. The zero-order valence-electron chi connectivity index (χ0n) is 11.6. The first-order chi connectivity index (χ1) is 9.31. The molecule has 0 saturated carbocycles. The van der Waals surface area contributed by atoms with E-state index in [1.54, 1.807) is 0 Å². The largest absolute Gasteiger partial charge is 0.396 e. The van der Waals surface area contributed by atoms with Gasteiger partial charge in [-0.25, -0.2) is 9.97 Å². The van der Waals surface area contributed by atoms with Gasteiger partial charge in [-0.3, -0.25) is 0 Å². The Kier molecular flexibility index (Phi) is 4.17. The summed E-state index contributed by atoms with van der Waals surface area (Å²) in [6, 6.07) is 0. The summed E-state index contributed by atoms with van der Waals surface area (Å²) in [7, 11) is 0. The van der Waals surface area contributed by atoms with Gasteiger partial charge < -0.3 is 5.32 Å². The number of aryl methyl sites for hydroxylation is 2. The molecule has 110 valence electrons. The molecule has 0 bridgehead atoms. The van der Waals surface area contributed by atoms with E-state index in [1.807, 2.05) is 20.8 Å². The van der Waals surface area contributed by atoms with Crippen molar-refractivity contribution >= 4 is 27.4 Å². The summed E-state index contributed by atoms with van der Waals surface area (Å²) in [4.78, 5) is 9.79. The van der Waals surface area contributed by atoms with Crippen LogP contribution in [0, 0.1) is 13.8 Å². The second-order valence-electron chi connectivity index (χ2n) is 4.67. The van der Waals surface area contributed by atoms with Gasteiger partial charge in [-0.05, 0) is 25.8 Å². The van der Waals surface area contributed by atoms with E-state index in [0.29, 0.717) is 17.2 Å². The van der Waals surface area contributed by atoms with Crippen LogP contribution in [0.4, 0.5) is 19.0 Å². The number of nitrogens with zero attached hydrogens (tertiary/aromatic N) is 2. The van der Waals surface area contributed by atoms with E-state index in [1.165, 1.54) is 11.3 Å². The Morgan fingerprint density at radius 1 is 1.20 bits per heavy atom.